The van der Waals surface area contributed by atoms with Gasteiger partial charge in [-0.15, -0.1) is 0 Å². The molecule has 0 spiro atoms. The van der Waals surface area contributed by atoms with Crippen molar-refractivity contribution in [3.05, 3.63) is 101 Å². The highest BCUT2D eigenvalue weighted by Crippen LogP contribution is 2.41. The summed E-state index contributed by atoms with van der Waals surface area (Å²) in [5.41, 5.74) is 7.09. The van der Waals surface area contributed by atoms with Gasteiger partial charge >= 0.3 is 11.9 Å². The molecule has 0 aliphatic heterocycles. The molecule has 8 heteroatoms. The SMILES string of the molecule is C=C(C)C(=O)OCCCc1cc(-c2ccc(-c3ccc(C4CCC(CCCCC)CC4)cc3F)c(CC)c2)cc(CCCOC(=O)C(=C)C)c1OCC(CC)(CO)CO. The minimum absolute atomic E-state index is 0.0878. The maximum atomic E-state index is 16.1. The predicted octanol–water partition coefficient (Wildman–Crippen LogP) is 11.4. The summed E-state index contributed by atoms with van der Waals surface area (Å²) in [6.45, 7) is 16.8. The molecule has 4 rings (SSSR count). The largest absolute Gasteiger partial charge is 0.492 e. The molecule has 0 saturated heterocycles. The first kappa shape index (κ1) is 47.4. The van der Waals surface area contributed by atoms with Crippen LogP contribution in [-0.2, 0) is 38.3 Å². The van der Waals surface area contributed by atoms with E-state index in [-0.39, 0.29) is 38.9 Å². The molecule has 0 unspecified atom stereocenters. The highest BCUT2D eigenvalue weighted by atomic mass is 19.1. The van der Waals surface area contributed by atoms with E-state index in [0.717, 1.165) is 57.7 Å². The number of carbonyl (C=O) groups excluding carboxylic acids is 2. The standard InChI is InChI=1S/C51H69FO7/c1-8-11-12-15-37-18-20-39(21-19-37)41-23-25-46(47(52)31-41)45-24-22-40(28-38(45)9-2)44-29-42(16-13-26-57-49(55)35(4)5)48(59-34-51(10-3,32-53)33-54)43(30-44)17-14-27-58-50(56)36(6)7/h22-25,28-31,37,39,53-54H,4,6,8-21,26-27,32-34H2,1-3,5,7H3. The van der Waals surface area contributed by atoms with E-state index in [0.29, 0.717) is 66.9 Å². The van der Waals surface area contributed by atoms with Gasteiger partial charge in [-0.05, 0) is 147 Å². The Hall–Kier alpha value is -4.27. The highest BCUT2D eigenvalue weighted by Gasteiger charge is 2.29. The number of aryl methyl sites for hydroxylation is 3. The highest BCUT2D eigenvalue weighted by molar-refractivity contribution is 5.87. The molecule has 322 valence electrons. The molecular weight excluding hydrogens is 744 g/mol. The average Bonchev–Trinajstić information content (AvgIpc) is 3.24. The zero-order valence-corrected chi connectivity index (χ0v) is 36.4. The Morgan fingerprint density at radius 3 is 1.83 bits per heavy atom. The molecule has 59 heavy (non-hydrogen) atoms. The van der Waals surface area contributed by atoms with E-state index in [1.165, 1.54) is 38.5 Å². The molecule has 0 atom stereocenters. The lowest BCUT2D eigenvalue weighted by atomic mass is 9.77. The first-order chi connectivity index (χ1) is 28.4. The van der Waals surface area contributed by atoms with Crippen LogP contribution in [0, 0.1) is 17.2 Å². The number of rotatable bonds is 24. The van der Waals surface area contributed by atoms with Crippen LogP contribution in [0.2, 0.25) is 0 Å². The zero-order valence-electron chi connectivity index (χ0n) is 36.4. The summed E-state index contributed by atoms with van der Waals surface area (Å²) in [4.78, 5) is 24.3. The molecule has 7 nitrogen and oxygen atoms in total. The maximum Gasteiger partial charge on any atom is 0.333 e. The Morgan fingerprint density at radius 1 is 0.746 bits per heavy atom. The second-order valence-electron chi connectivity index (χ2n) is 16.8. The summed E-state index contributed by atoms with van der Waals surface area (Å²) < 4.78 is 33.4. The van der Waals surface area contributed by atoms with Crippen molar-refractivity contribution in [2.75, 3.05) is 33.0 Å². The smallest absolute Gasteiger partial charge is 0.333 e. The number of halogens is 1. The lowest BCUT2D eigenvalue weighted by Crippen LogP contribution is -2.36. The summed E-state index contributed by atoms with van der Waals surface area (Å²) in [6.07, 6.45) is 13.2. The average molecular weight is 813 g/mol. The Labute approximate surface area is 353 Å². The lowest BCUT2D eigenvalue weighted by molar-refractivity contribution is -0.139. The van der Waals surface area contributed by atoms with E-state index in [1.807, 2.05) is 25.1 Å². The minimum atomic E-state index is -0.839. The van der Waals surface area contributed by atoms with Gasteiger partial charge in [0, 0.05) is 16.7 Å². The van der Waals surface area contributed by atoms with Gasteiger partial charge in [0.25, 0.3) is 0 Å². The van der Waals surface area contributed by atoms with Crippen LogP contribution in [0.4, 0.5) is 4.39 Å². The van der Waals surface area contributed by atoms with E-state index < -0.39 is 17.4 Å². The Kier molecular flexibility index (Phi) is 18.9. The third kappa shape index (κ3) is 13.4. The molecule has 1 saturated carbocycles. The molecule has 2 N–H and O–H groups in total. The van der Waals surface area contributed by atoms with Gasteiger partial charge in [-0.1, -0.05) is 89.9 Å². The normalized spacial score (nSPS) is 15.5. The Balaban J connectivity index is 1.68. The number of carbonyl (C=O) groups is 2. The molecule has 0 bridgehead atoms. The molecule has 1 aliphatic carbocycles. The number of aliphatic hydroxyl groups is 2. The van der Waals surface area contributed by atoms with E-state index in [9.17, 15) is 19.8 Å². The van der Waals surface area contributed by atoms with Crippen molar-refractivity contribution >= 4 is 11.9 Å². The van der Waals surface area contributed by atoms with Gasteiger partial charge in [0.05, 0.1) is 38.4 Å². The topological polar surface area (TPSA) is 102 Å². The molecule has 3 aromatic carbocycles. The van der Waals surface area contributed by atoms with Crippen LogP contribution in [0.25, 0.3) is 22.3 Å². The summed E-state index contributed by atoms with van der Waals surface area (Å²) in [7, 11) is 0. The van der Waals surface area contributed by atoms with Crippen molar-refractivity contribution < 1.29 is 38.4 Å². The van der Waals surface area contributed by atoms with Gasteiger partial charge in [-0.2, -0.15) is 0 Å². The molecule has 0 aromatic heterocycles. The fourth-order valence-corrected chi connectivity index (χ4v) is 8.07. The monoisotopic (exact) mass is 813 g/mol. The van der Waals surface area contributed by atoms with Crippen LogP contribution in [0.15, 0.2) is 72.8 Å². The third-order valence-electron chi connectivity index (χ3n) is 12.2. The fourth-order valence-electron chi connectivity index (χ4n) is 8.07. The number of hydrogen-bond acceptors (Lipinski definition) is 7. The quantitative estimate of drug-likeness (QED) is 0.0527. The van der Waals surface area contributed by atoms with Gasteiger partial charge < -0.3 is 24.4 Å². The van der Waals surface area contributed by atoms with E-state index in [1.54, 1.807) is 19.9 Å². The molecule has 0 amide bonds. The Bertz CT molecular complexity index is 1800. The van der Waals surface area contributed by atoms with Gasteiger partial charge in [0.2, 0.25) is 0 Å². The van der Waals surface area contributed by atoms with E-state index >= 15 is 4.39 Å². The fraction of sp³-hybridized carbons (Fsp3) is 0.529. The van der Waals surface area contributed by atoms with E-state index in [4.69, 9.17) is 14.2 Å². The summed E-state index contributed by atoms with van der Waals surface area (Å²) >= 11 is 0. The molecule has 0 heterocycles. The number of ether oxygens (including phenoxy) is 3. The number of esters is 2. The number of benzene rings is 3. The molecule has 0 radical (unpaired) electrons. The van der Waals surface area contributed by atoms with Crippen molar-refractivity contribution in [1.82, 2.24) is 0 Å². The van der Waals surface area contributed by atoms with Crippen LogP contribution < -0.4 is 4.74 Å². The summed E-state index contributed by atoms with van der Waals surface area (Å²) in [5, 5.41) is 20.5. The van der Waals surface area contributed by atoms with Crippen molar-refractivity contribution in [2.45, 2.75) is 130 Å². The van der Waals surface area contributed by atoms with Gasteiger partial charge in [-0.25, -0.2) is 14.0 Å². The van der Waals surface area contributed by atoms with Gasteiger partial charge in [0.1, 0.15) is 11.6 Å². The number of unbranched alkanes of at least 4 members (excludes halogenated alkanes) is 2. The van der Waals surface area contributed by atoms with E-state index in [2.05, 4.69) is 51.3 Å². The first-order valence-corrected chi connectivity index (χ1v) is 22.0. The van der Waals surface area contributed by atoms with Crippen LogP contribution in [-0.4, -0.2) is 55.2 Å². The minimum Gasteiger partial charge on any atom is -0.492 e. The summed E-state index contributed by atoms with van der Waals surface area (Å²) in [5.74, 6) is 0.764. The third-order valence-corrected chi connectivity index (χ3v) is 12.2. The second-order valence-corrected chi connectivity index (χ2v) is 16.8. The van der Waals surface area contributed by atoms with Crippen LogP contribution >= 0.6 is 0 Å². The first-order valence-electron chi connectivity index (χ1n) is 22.0. The molecule has 3 aromatic rings. The number of aliphatic hydroxyl groups excluding tert-OH is 2. The van der Waals surface area contributed by atoms with Crippen molar-refractivity contribution in [2.24, 2.45) is 11.3 Å². The van der Waals surface area contributed by atoms with Crippen LogP contribution in [0.5, 0.6) is 5.75 Å². The second kappa shape index (κ2) is 23.5. The van der Waals surface area contributed by atoms with Crippen molar-refractivity contribution in [3.8, 4) is 28.0 Å². The van der Waals surface area contributed by atoms with Crippen LogP contribution in [0.1, 0.15) is 133 Å². The Morgan fingerprint density at radius 2 is 1.32 bits per heavy atom. The van der Waals surface area contributed by atoms with Crippen molar-refractivity contribution in [1.29, 1.82) is 0 Å². The van der Waals surface area contributed by atoms with Crippen molar-refractivity contribution in [3.63, 3.8) is 0 Å². The lowest BCUT2D eigenvalue weighted by Gasteiger charge is -2.29. The predicted molar refractivity (Wildman–Crippen MR) is 236 cm³/mol. The maximum absolute atomic E-state index is 16.1. The van der Waals surface area contributed by atoms with Gasteiger partial charge in [0.15, 0.2) is 0 Å². The number of hydrogen-bond donors (Lipinski definition) is 2. The van der Waals surface area contributed by atoms with Gasteiger partial charge in [-0.3, -0.25) is 0 Å². The molecule has 1 aliphatic rings. The molecular formula is C51H69FO7. The van der Waals surface area contributed by atoms with Crippen LogP contribution in [0.3, 0.4) is 0 Å². The summed E-state index contributed by atoms with van der Waals surface area (Å²) in [6, 6.07) is 16.2. The zero-order chi connectivity index (χ0) is 43.0. The molecule has 1 fully saturated rings.